The summed E-state index contributed by atoms with van der Waals surface area (Å²) >= 11 is 13.6. The summed E-state index contributed by atoms with van der Waals surface area (Å²) in [5.41, 5.74) is 0. The summed E-state index contributed by atoms with van der Waals surface area (Å²) < 4.78 is 34.7. The second-order valence-corrected chi connectivity index (χ2v) is 8.53. The van der Waals surface area contributed by atoms with Crippen LogP contribution >= 0.6 is 63.7 Å². The Kier molecular flexibility index (Phi) is 17.4. The molecule has 0 amide bonds. The Balaban J connectivity index is 2.20. The summed E-state index contributed by atoms with van der Waals surface area (Å²) in [5, 5.41) is 1.66. The first kappa shape index (κ1) is 26.6. The summed E-state index contributed by atoms with van der Waals surface area (Å²) in [6.07, 6.45) is 0. The molecule has 0 radical (unpaired) electrons. The molecule has 0 saturated heterocycles. The molecule has 0 bridgehead atoms. The first-order valence-corrected chi connectivity index (χ1v) is 12.7. The van der Waals surface area contributed by atoms with Gasteiger partial charge in [0.1, 0.15) is 24.7 Å². The molecule has 10 heteroatoms. The van der Waals surface area contributed by atoms with Crippen LogP contribution in [-0.4, -0.2) is 76.7 Å². The van der Waals surface area contributed by atoms with Crippen LogP contribution < -0.4 is 9.47 Å². The van der Waals surface area contributed by atoms with Crippen LogP contribution in [0.3, 0.4) is 0 Å². The van der Waals surface area contributed by atoms with Crippen LogP contribution in [0.4, 0.5) is 0 Å². The van der Waals surface area contributed by atoms with Crippen molar-refractivity contribution in [3.63, 3.8) is 0 Å². The van der Waals surface area contributed by atoms with Gasteiger partial charge in [-0.2, -0.15) is 0 Å². The van der Waals surface area contributed by atoms with E-state index in [1.54, 1.807) is 0 Å². The number of hydrogen-bond acceptors (Lipinski definition) is 6. The average Bonchev–Trinajstić information content (AvgIpc) is 2.69. The quantitative estimate of drug-likeness (QED) is 0.167. The third-order valence-electron chi connectivity index (χ3n) is 3.14. The standard InChI is InChI=1S/C18H26Br4O6/c19-1-3-23-5-7-25-9-11-27-17-13-16(22)18(14-15(17)21)28-12-10-26-8-6-24-4-2-20/h13-14H,1-12H2. The van der Waals surface area contributed by atoms with E-state index in [9.17, 15) is 0 Å². The molecular weight excluding hydrogens is 632 g/mol. The van der Waals surface area contributed by atoms with Crippen molar-refractivity contribution in [1.82, 2.24) is 0 Å². The molecule has 6 nitrogen and oxygen atoms in total. The van der Waals surface area contributed by atoms with Crippen molar-refractivity contribution in [2.45, 2.75) is 0 Å². The van der Waals surface area contributed by atoms with Gasteiger partial charge in [-0.25, -0.2) is 0 Å². The van der Waals surface area contributed by atoms with Gasteiger partial charge in [-0.3, -0.25) is 0 Å². The van der Waals surface area contributed by atoms with Gasteiger partial charge in [0.05, 0.1) is 61.8 Å². The Labute approximate surface area is 200 Å². The van der Waals surface area contributed by atoms with Gasteiger partial charge in [0, 0.05) is 10.7 Å². The molecule has 0 spiro atoms. The number of alkyl halides is 2. The lowest BCUT2D eigenvalue weighted by Gasteiger charge is -2.13. The van der Waals surface area contributed by atoms with E-state index in [0.717, 1.165) is 31.1 Å². The van der Waals surface area contributed by atoms with Crippen molar-refractivity contribution in [3.8, 4) is 11.5 Å². The maximum atomic E-state index is 5.74. The SMILES string of the molecule is BrCCOCCOCCOc1cc(Br)c(OCCOCCOCCBr)cc1Br. The van der Waals surface area contributed by atoms with Gasteiger partial charge in [0.25, 0.3) is 0 Å². The Morgan fingerprint density at radius 1 is 0.500 bits per heavy atom. The maximum Gasteiger partial charge on any atom is 0.134 e. The predicted molar refractivity (Wildman–Crippen MR) is 124 cm³/mol. The van der Waals surface area contributed by atoms with Crippen molar-refractivity contribution in [2.24, 2.45) is 0 Å². The highest BCUT2D eigenvalue weighted by molar-refractivity contribution is 9.11. The molecule has 1 aromatic rings. The van der Waals surface area contributed by atoms with Crippen molar-refractivity contribution < 1.29 is 28.4 Å². The lowest BCUT2D eigenvalue weighted by atomic mass is 10.3. The van der Waals surface area contributed by atoms with Crippen LogP contribution in [0.1, 0.15) is 0 Å². The van der Waals surface area contributed by atoms with Gasteiger partial charge < -0.3 is 28.4 Å². The second-order valence-electron chi connectivity index (χ2n) is 5.24. The van der Waals surface area contributed by atoms with Gasteiger partial charge in [-0.1, -0.05) is 31.9 Å². The molecule has 0 saturated carbocycles. The summed E-state index contributed by atoms with van der Waals surface area (Å²) in [6.45, 7) is 5.55. The summed E-state index contributed by atoms with van der Waals surface area (Å²) in [5.74, 6) is 1.44. The molecule has 0 N–H and O–H groups in total. The van der Waals surface area contributed by atoms with E-state index in [0.29, 0.717) is 66.1 Å². The lowest BCUT2D eigenvalue weighted by Crippen LogP contribution is -2.12. The summed E-state index contributed by atoms with van der Waals surface area (Å²) in [4.78, 5) is 0. The number of rotatable bonds is 18. The monoisotopic (exact) mass is 654 g/mol. The molecular formula is C18H26Br4O6. The molecule has 1 rings (SSSR count). The second kappa shape index (κ2) is 18.4. The van der Waals surface area contributed by atoms with Crippen LogP contribution in [0.25, 0.3) is 0 Å². The van der Waals surface area contributed by atoms with Crippen molar-refractivity contribution >= 4 is 63.7 Å². The maximum absolute atomic E-state index is 5.74. The van der Waals surface area contributed by atoms with Gasteiger partial charge in [0.2, 0.25) is 0 Å². The van der Waals surface area contributed by atoms with Crippen molar-refractivity contribution in [3.05, 3.63) is 21.1 Å². The minimum atomic E-state index is 0.453. The Hall–Kier alpha value is 0.580. The smallest absolute Gasteiger partial charge is 0.134 e. The zero-order valence-corrected chi connectivity index (χ0v) is 21.9. The van der Waals surface area contributed by atoms with Gasteiger partial charge in [-0.05, 0) is 44.0 Å². The van der Waals surface area contributed by atoms with Gasteiger partial charge >= 0.3 is 0 Å². The fourth-order valence-corrected chi connectivity index (χ4v) is 3.24. The largest absolute Gasteiger partial charge is 0.490 e. The highest BCUT2D eigenvalue weighted by Gasteiger charge is 2.09. The van der Waals surface area contributed by atoms with E-state index >= 15 is 0 Å². The molecule has 0 fully saturated rings. The zero-order valence-electron chi connectivity index (χ0n) is 15.6. The molecule has 28 heavy (non-hydrogen) atoms. The van der Waals surface area contributed by atoms with Crippen LogP contribution in [0.5, 0.6) is 11.5 Å². The minimum absolute atomic E-state index is 0.453. The highest BCUT2D eigenvalue weighted by Crippen LogP contribution is 2.36. The molecule has 0 unspecified atom stereocenters. The molecule has 0 atom stereocenters. The van der Waals surface area contributed by atoms with E-state index in [-0.39, 0.29) is 0 Å². The fourth-order valence-electron chi connectivity index (χ4n) is 1.91. The molecule has 1 aromatic carbocycles. The molecule has 0 aliphatic carbocycles. The topological polar surface area (TPSA) is 55.4 Å². The van der Waals surface area contributed by atoms with Crippen LogP contribution in [0.2, 0.25) is 0 Å². The molecule has 0 aliphatic heterocycles. The third kappa shape index (κ3) is 13.0. The zero-order chi connectivity index (χ0) is 20.5. The Bertz CT molecular complexity index is 475. The number of ether oxygens (including phenoxy) is 6. The number of halogens is 4. The number of benzene rings is 1. The van der Waals surface area contributed by atoms with Gasteiger partial charge in [-0.15, -0.1) is 0 Å². The van der Waals surface area contributed by atoms with E-state index in [1.807, 2.05) is 12.1 Å². The Morgan fingerprint density at radius 3 is 1.18 bits per heavy atom. The van der Waals surface area contributed by atoms with Crippen LogP contribution in [-0.2, 0) is 18.9 Å². The van der Waals surface area contributed by atoms with E-state index in [1.165, 1.54) is 0 Å². The summed E-state index contributed by atoms with van der Waals surface area (Å²) in [7, 11) is 0. The first-order valence-electron chi connectivity index (χ1n) is 8.86. The predicted octanol–water partition coefficient (Wildman–Crippen LogP) is 4.83. The third-order valence-corrected chi connectivity index (χ3v) is 5.03. The van der Waals surface area contributed by atoms with E-state index in [2.05, 4.69) is 63.7 Å². The highest BCUT2D eigenvalue weighted by atomic mass is 79.9. The van der Waals surface area contributed by atoms with Crippen LogP contribution in [0.15, 0.2) is 21.1 Å². The van der Waals surface area contributed by atoms with Crippen molar-refractivity contribution in [2.75, 3.05) is 76.7 Å². The lowest BCUT2D eigenvalue weighted by molar-refractivity contribution is 0.0408. The Morgan fingerprint density at radius 2 is 0.821 bits per heavy atom. The summed E-state index contributed by atoms with van der Waals surface area (Å²) in [6, 6.07) is 3.74. The fraction of sp³-hybridized carbons (Fsp3) is 0.667. The first-order chi connectivity index (χ1) is 13.7. The molecule has 0 aliphatic rings. The molecule has 162 valence electrons. The van der Waals surface area contributed by atoms with E-state index in [4.69, 9.17) is 28.4 Å². The normalized spacial score (nSPS) is 11.0. The van der Waals surface area contributed by atoms with E-state index < -0.39 is 0 Å². The van der Waals surface area contributed by atoms with Crippen LogP contribution in [0, 0.1) is 0 Å². The van der Waals surface area contributed by atoms with Crippen molar-refractivity contribution in [1.29, 1.82) is 0 Å². The average molecular weight is 658 g/mol. The minimum Gasteiger partial charge on any atom is -0.490 e. The molecule has 0 heterocycles. The van der Waals surface area contributed by atoms with Gasteiger partial charge in [0.15, 0.2) is 0 Å². The molecule has 0 aromatic heterocycles. The number of hydrogen-bond donors (Lipinski definition) is 0.